The number of rotatable bonds is 4. The number of hydrogen-bond donors (Lipinski definition) is 1. The second kappa shape index (κ2) is 6.44. The summed E-state index contributed by atoms with van der Waals surface area (Å²) in [6.07, 6.45) is 2.60. The molecule has 0 saturated carbocycles. The molecule has 6 nitrogen and oxygen atoms in total. The number of halogens is 1. The van der Waals surface area contributed by atoms with Gasteiger partial charge in [-0.3, -0.25) is 4.68 Å². The minimum absolute atomic E-state index is 0.632. The molecule has 1 aromatic carbocycles. The van der Waals surface area contributed by atoms with Crippen molar-refractivity contribution < 1.29 is 9.47 Å². The maximum absolute atomic E-state index is 5.73. The molecule has 21 heavy (non-hydrogen) atoms. The molecule has 0 unspecified atom stereocenters. The Labute approximate surface area is 131 Å². The predicted molar refractivity (Wildman–Crippen MR) is 81.3 cm³/mol. The lowest BCUT2D eigenvalue weighted by Crippen LogP contribution is -2.14. The van der Waals surface area contributed by atoms with Crippen molar-refractivity contribution in [3.05, 3.63) is 34.3 Å². The van der Waals surface area contributed by atoms with Crippen molar-refractivity contribution >= 4 is 15.9 Å². The monoisotopic (exact) mass is 352 g/mol. The molecule has 7 heteroatoms. The molecule has 3 rings (SSSR count). The lowest BCUT2D eigenvalue weighted by atomic mass is 10.2. The van der Waals surface area contributed by atoms with E-state index in [1.54, 1.807) is 11.0 Å². The van der Waals surface area contributed by atoms with Gasteiger partial charge in [-0.1, -0.05) is 0 Å². The summed E-state index contributed by atoms with van der Waals surface area (Å²) in [5, 5.41) is 7.56. The van der Waals surface area contributed by atoms with E-state index in [0.29, 0.717) is 26.3 Å². The van der Waals surface area contributed by atoms with Crippen molar-refractivity contribution in [1.29, 1.82) is 0 Å². The van der Waals surface area contributed by atoms with E-state index >= 15 is 0 Å². The van der Waals surface area contributed by atoms with Crippen molar-refractivity contribution in [2.75, 3.05) is 13.2 Å². The molecule has 2 aromatic rings. The summed E-state index contributed by atoms with van der Waals surface area (Å²) in [5.74, 6) is 2.38. The normalized spacial score (nSPS) is 14.0. The Morgan fingerprint density at radius 2 is 2.14 bits per heavy atom. The van der Waals surface area contributed by atoms with E-state index in [9.17, 15) is 0 Å². The molecule has 1 N–H and O–H groups in total. The summed E-state index contributed by atoms with van der Waals surface area (Å²) in [7, 11) is 1.86. The number of aryl methyl sites for hydroxylation is 1. The Kier molecular flexibility index (Phi) is 4.40. The SMILES string of the molecule is Cn1cnc(CNCc2cc(Br)c3c(c2)OCCCO3)n1. The first-order valence-corrected chi connectivity index (χ1v) is 7.65. The highest BCUT2D eigenvalue weighted by molar-refractivity contribution is 9.10. The Hall–Kier alpha value is -1.60. The number of nitrogens with zero attached hydrogens (tertiary/aromatic N) is 3. The largest absolute Gasteiger partial charge is 0.490 e. The number of hydrogen-bond acceptors (Lipinski definition) is 5. The zero-order valence-electron chi connectivity index (χ0n) is 11.8. The third kappa shape index (κ3) is 3.54. The van der Waals surface area contributed by atoms with Crippen LogP contribution in [0.15, 0.2) is 22.9 Å². The van der Waals surface area contributed by atoms with Gasteiger partial charge in [-0.25, -0.2) is 4.98 Å². The summed E-state index contributed by atoms with van der Waals surface area (Å²) in [4.78, 5) is 4.18. The van der Waals surface area contributed by atoms with Crippen LogP contribution in [0.2, 0.25) is 0 Å². The highest BCUT2D eigenvalue weighted by Crippen LogP contribution is 2.38. The van der Waals surface area contributed by atoms with E-state index in [1.165, 1.54) is 0 Å². The molecule has 0 bridgehead atoms. The van der Waals surface area contributed by atoms with Gasteiger partial charge in [0, 0.05) is 20.0 Å². The minimum atomic E-state index is 0.632. The van der Waals surface area contributed by atoms with Gasteiger partial charge in [0.2, 0.25) is 0 Å². The van der Waals surface area contributed by atoms with Crippen LogP contribution in [0.5, 0.6) is 11.5 Å². The molecule has 0 atom stereocenters. The van der Waals surface area contributed by atoms with Crippen molar-refractivity contribution in [2.24, 2.45) is 7.05 Å². The van der Waals surface area contributed by atoms with Gasteiger partial charge in [0.15, 0.2) is 17.3 Å². The van der Waals surface area contributed by atoms with Crippen LogP contribution in [0.1, 0.15) is 17.8 Å². The lowest BCUT2D eigenvalue weighted by Gasteiger charge is -2.12. The number of aromatic nitrogens is 3. The molecular weight excluding hydrogens is 336 g/mol. The van der Waals surface area contributed by atoms with E-state index in [4.69, 9.17) is 9.47 Å². The Bertz CT molecular complexity index is 629. The van der Waals surface area contributed by atoms with Gasteiger partial charge < -0.3 is 14.8 Å². The van der Waals surface area contributed by atoms with Crippen LogP contribution in [-0.4, -0.2) is 28.0 Å². The van der Waals surface area contributed by atoms with Crippen LogP contribution in [0.25, 0.3) is 0 Å². The Morgan fingerprint density at radius 3 is 2.95 bits per heavy atom. The second-order valence-corrected chi connectivity index (χ2v) is 5.75. The van der Waals surface area contributed by atoms with Gasteiger partial charge in [-0.15, -0.1) is 0 Å². The maximum atomic E-state index is 5.73. The van der Waals surface area contributed by atoms with Crippen LogP contribution in [0.4, 0.5) is 0 Å². The first-order valence-electron chi connectivity index (χ1n) is 6.85. The molecule has 0 spiro atoms. The van der Waals surface area contributed by atoms with Crippen molar-refractivity contribution in [2.45, 2.75) is 19.5 Å². The zero-order valence-corrected chi connectivity index (χ0v) is 13.4. The molecule has 0 saturated heterocycles. The summed E-state index contributed by atoms with van der Waals surface area (Å²) in [5.41, 5.74) is 1.13. The fraction of sp³-hybridized carbons (Fsp3) is 0.429. The Morgan fingerprint density at radius 1 is 1.29 bits per heavy atom. The van der Waals surface area contributed by atoms with Gasteiger partial charge in [0.25, 0.3) is 0 Å². The molecule has 2 heterocycles. The van der Waals surface area contributed by atoms with Crippen LogP contribution < -0.4 is 14.8 Å². The molecule has 0 radical (unpaired) electrons. The third-order valence-corrected chi connectivity index (χ3v) is 3.71. The average molecular weight is 353 g/mol. The molecule has 1 aliphatic rings. The summed E-state index contributed by atoms with van der Waals surface area (Å²) >= 11 is 3.55. The topological polar surface area (TPSA) is 61.2 Å². The number of fused-ring (bicyclic) bond motifs is 1. The van der Waals surface area contributed by atoms with Crippen molar-refractivity contribution in [3.63, 3.8) is 0 Å². The number of benzene rings is 1. The zero-order chi connectivity index (χ0) is 14.7. The molecule has 0 amide bonds. The highest BCUT2D eigenvalue weighted by atomic mass is 79.9. The molecular formula is C14H17BrN4O2. The van der Waals surface area contributed by atoms with E-state index in [1.807, 2.05) is 19.2 Å². The van der Waals surface area contributed by atoms with Crippen LogP contribution >= 0.6 is 15.9 Å². The van der Waals surface area contributed by atoms with Crippen LogP contribution in [0, 0.1) is 0 Å². The smallest absolute Gasteiger partial charge is 0.175 e. The van der Waals surface area contributed by atoms with E-state index in [-0.39, 0.29) is 0 Å². The molecule has 112 valence electrons. The molecule has 0 fully saturated rings. The Balaban J connectivity index is 1.65. The van der Waals surface area contributed by atoms with Crippen molar-refractivity contribution in [1.82, 2.24) is 20.1 Å². The van der Waals surface area contributed by atoms with Gasteiger partial charge in [-0.05, 0) is 33.6 Å². The summed E-state index contributed by atoms with van der Waals surface area (Å²) in [6.45, 7) is 2.73. The van der Waals surface area contributed by atoms with E-state index in [0.717, 1.165) is 33.8 Å². The van der Waals surface area contributed by atoms with Crippen molar-refractivity contribution in [3.8, 4) is 11.5 Å². The molecule has 1 aliphatic heterocycles. The summed E-state index contributed by atoms with van der Waals surface area (Å²) < 4.78 is 14.0. The minimum Gasteiger partial charge on any atom is -0.490 e. The van der Waals surface area contributed by atoms with Gasteiger partial charge >= 0.3 is 0 Å². The van der Waals surface area contributed by atoms with Gasteiger partial charge in [0.05, 0.1) is 24.2 Å². The average Bonchev–Trinajstić information content (AvgIpc) is 2.73. The standard InChI is InChI=1S/C14H17BrN4O2/c1-19-9-17-13(18-19)8-16-7-10-5-11(15)14-12(6-10)20-3-2-4-21-14/h5-6,9,16H,2-4,7-8H2,1H3. The van der Waals surface area contributed by atoms with Gasteiger partial charge in [-0.2, -0.15) is 5.10 Å². The van der Waals surface area contributed by atoms with Crippen LogP contribution in [-0.2, 0) is 20.1 Å². The molecule has 1 aromatic heterocycles. The quantitative estimate of drug-likeness (QED) is 0.912. The fourth-order valence-corrected chi connectivity index (χ4v) is 2.77. The van der Waals surface area contributed by atoms with Gasteiger partial charge in [0.1, 0.15) is 6.33 Å². The van der Waals surface area contributed by atoms with Crippen LogP contribution in [0.3, 0.4) is 0 Å². The predicted octanol–water partition coefficient (Wildman–Crippen LogP) is 2.03. The fourth-order valence-electron chi connectivity index (χ4n) is 2.17. The third-order valence-electron chi connectivity index (χ3n) is 3.12. The second-order valence-electron chi connectivity index (χ2n) is 4.89. The molecule has 0 aliphatic carbocycles. The first kappa shape index (κ1) is 14.3. The van der Waals surface area contributed by atoms with E-state index in [2.05, 4.69) is 31.3 Å². The number of nitrogens with one attached hydrogen (secondary N) is 1. The first-order chi connectivity index (χ1) is 10.2. The highest BCUT2D eigenvalue weighted by Gasteiger charge is 2.15. The maximum Gasteiger partial charge on any atom is 0.175 e. The summed E-state index contributed by atoms with van der Waals surface area (Å²) in [6, 6.07) is 4.07. The van der Waals surface area contributed by atoms with E-state index < -0.39 is 0 Å². The number of ether oxygens (including phenoxy) is 2. The lowest BCUT2D eigenvalue weighted by molar-refractivity contribution is 0.296.